The third-order valence-electron chi connectivity index (χ3n) is 3.13. The van der Waals surface area contributed by atoms with Gasteiger partial charge in [-0.2, -0.15) is 0 Å². The Morgan fingerprint density at radius 3 is 1.67 bits per heavy atom. The van der Waals surface area contributed by atoms with Gasteiger partial charge in [-0.1, -0.05) is 42.0 Å². The van der Waals surface area contributed by atoms with Gasteiger partial charge >= 0.3 is 0 Å². The maximum absolute atomic E-state index is 5.62. The van der Waals surface area contributed by atoms with Crippen LogP contribution in [0, 0.1) is 6.92 Å². The molecule has 0 heterocycles. The van der Waals surface area contributed by atoms with Gasteiger partial charge in [0.2, 0.25) is 0 Å². The lowest BCUT2D eigenvalue weighted by molar-refractivity contribution is 0.233. The van der Waals surface area contributed by atoms with Crippen molar-refractivity contribution in [1.82, 2.24) is 0 Å². The molecule has 0 fully saturated rings. The van der Waals surface area contributed by atoms with E-state index >= 15 is 0 Å². The van der Waals surface area contributed by atoms with E-state index in [2.05, 4.69) is 31.2 Å². The molecule has 0 bridgehead atoms. The summed E-state index contributed by atoms with van der Waals surface area (Å²) in [5.74, 6) is 0.977. The van der Waals surface area contributed by atoms with Crippen LogP contribution in [-0.4, -0.2) is 34.5 Å². The maximum atomic E-state index is 5.62. The Kier molecular flexibility index (Phi) is 8.48. The molecule has 0 aliphatic rings. The second kappa shape index (κ2) is 10.2. The molecule has 0 aliphatic heterocycles. The summed E-state index contributed by atoms with van der Waals surface area (Å²) in [5, 5.41) is 0. The van der Waals surface area contributed by atoms with E-state index in [4.69, 9.17) is 14.2 Å². The van der Waals surface area contributed by atoms with E-state index in [1.165, 1.54) is 16.7 Å². The van der Waals surface area contributed by atoms with Gasteiger partial charge in [0, 0.05) is 14.2 Å². The molecule has 0 unspecified atom stereocenters. The summed E-state index contributed by atoms with van der Waals surface area (Å²) in [4.78, 5) is 0. The van der Waals surface area contributed by atoms with Gasteiger partial charge in [0.25, 0.3) is 0 Å². The van der Waals surface area contributed by atoms with Gasteiger partial charge in [0.05, 0.1) is 20.3 Å². The first-order valence-corrected chi connectivity index (χ1v) is 7.17. The smallest absolute Gasteiger partial charge is 0.125 e. The normalized spacial score (nSPS) is 11.6. The number of methoxy groups -OCH3 is 3. The van der Waals surface area contributed by atoms with Crippen LogP contribution in [0.1, 0.15) is 16.7 Å². The highest BCUT2D eigenvalue weighted by Crippen LogP contribution is 2.27. The predicted molar refractivity (Wildman–Crippen MR) is 87.2 cm³/mol. The molecule has 0 aliphatic carbocycles. The number of hydrogen-bond acceptors (Lipinski definition) is 3. The minimum absolute atomic E-state index is 0.640. The molecule has 1 aromatic rings. The van der Waals surface area contributed by atoms with E-state index in [0.29, 0.717) is 13.2 Å². The molecule has 3 nitrogen and oxygen atoms in total. The quantitative estimate of drug-likeness (QED) is 0.652. The third-order valence-corrected chi connectivity index (χ3v) is 3.13. The lowest BCUT2D eigenvalue weighted by atomic mass is 10.00. The van der Waals surface area contributed by atoms with Crippen LogP contribution in [0.4, 0.5) is 0 Å². The lowest BCUT2D eigenvalue weighted by Gasteiger charge is -2.13. The Morgan fingerprint density at radius 1 is 0.810 bits per heavy atom. The molecule has 0 N–H and O–H groups in total. The summed E-state index contributed by atoms with van der Waals surface area (Å²) < 4.78 is 15.7. The summed E-state index contributed by atoms with van der Waals surface area (Å²) >= 11 is 0. The number of allylic oxidation sites excluding steroid dienone is 2. The van der Waals surface area contributed by atoms with Gasteiger partial charge in [-0.15, -0.1) is 0 Å². The van der Waals surface area contributed by atoms with Crippen LogP contribution in [0.3, 0.4) is 0 Å². The van der Waals surface area contributed by atoms with Gasteiger partial charge < -0.3 is 14.2 Å². The van der Waals surface area contributed by atoms with E-state index in [1.807, 2.05) is 12.2 Å². The van der Waals surface area contributed by atoms with Crippen LogP contribution >= 0.6 is 0 Å². The lowest BCUT2D eigenvalue weighted by Crippen LogP contribution is -1.98. The van der Waals surface area contributed by atoms with Gasteiger partial charge in [-0.25, -0.2) is 0 Å². The molecule has 0 saturated carbocycles. The zero-order valence-electron chi connectivity index (χ0n) is 13.5. The second-order valence-electron chi connectivity index (χ2n) is 4.88. The Labute approximate surface area is 128 Å². The Balaban J connectivity index is 2.89. The zero-order chi connectivity index (χ0) is 15.5. The second-order valence-corrected chi connectivity index (χ2v) is 4.88. The first-order valence-electron chi connectivity index (χ1n) is 7.17. The van der Waals surface area contributed by atoms with Gasteiger partial charge in [-0.05, 0) is 30.9 Å². The Bertz CT molecular complexity index is 436. The van der Waals surface area contributed by atoms with Crippen molar-refractivity contribution in [3.8, 4) is 5.75 Å². The van der Waals surface area contributed by atoms with Crippen molar-refractivity contribution in [2.75, 3.05) is 34.5 Å². The van der Waals surface area contributed by atoms with Gasteiger partial charge in [-0.3, -0.25) is 0 Å². The molecule has 1 rings (SSSR count). The van der Waals surface area contributed by atoms with Crippen molar-refractivity contribution in [2.45, 2.75) is 19.8 Å². The first kappa shape index (κ1) is 17.5. The molecule has 0 saturated heterocycles. The highest BCUT2D eigenvalue weighted by molar-refractivity contribution is 5.46. The fourth-order valence-corrected chi connectivity index (χ4v) is 2.24. The van der Waals surface area contributed by atoms with Crippen molar-refractivity contribution in [3.05, 3.63) is 53.1 Å². The monoisotopic (exact) mass is 290 g/mol. The molecule has 0 amide bonds. The molecule has 21 heavy (non-hydrogen) atoms. The fourth-order valence-electron chi connectivity index (χ4n) is 2.24. The van der Waals surface area contributed by atoms with Crippen molar-refractivity contribution >= 4 is 0 Å². The van der Waals surface area contributed by atoms with Crippen LogP contribution < -0.4 is 4.74 Å². The highest BCUT2D eigenvalue weighted by Gasteiger charge is 2.08. The Morgan fingerprint density at radius 2 is 1.29 bits per heavy atom. The van der Waals surface area contributed by atoms with E-state index in [9.17, 15) is 0 Å². The predicted octanol–water partition coefficient (Wildman–Crippen LogP) is 3.49. The van der Waals surface area contributed by atoms with Crippen LogP contribution in [-0.2, 0) is 22.3 Å². The molecular formula is C18H26O3. The third kappa shape index (κ3) is 6.15. The van der Waals surface area contributed by atoms with Crippen LogP contribution in [0.5, 0.6) is 5.75 Å². The number of hydrogen-bond donors (Lipinski definition) is 0. The van der Waals surface area contributed by atoms with Gasteiger partial charge in [0.15, 0.2) is 0 Å². The minimum atomic E-state index is 0.640. The Hall–Kier alpha value is -1.58. The molecular weight excluding hydrogens is 264 g/mol. The van der Waals surface area contributed by atoms with E-state index in [-0.39, 0.29) is 0 Å². The minimum Gasteiger partial charge on any atom is -0.496 e. The summed E-state index contributed by atoms with van der Waals surface area (Å²) in [7, 11) is 5.12. The molecule has 116 valence electrons. The SMILES string of the molecule is COC/C=C/Cc1cc(C)cc(C/C=C/COC)c1OC. The fraction of sp³-hybridized carbons (Fsp3) is 0.444. The summed E-state index contributed by atoms with van der Waals surface area (Å²) in [5.41, 5.74) is 3.67. The van der Waals surface area contributed by atoms with Crippen molar-refractivity contribution in [2.24, 2.45) is 0 Å². The topological polar surface area (TPSA) is 27.7 Å². The van der Waals surface area contributed by atoms with Crippen molar-refractivity contribution in [3.63, 3.8) is 0 Å². The van der Waals surface area contributed by atoms with E-state index in [1.54, 1.807) is 21.3 Å². The van der Waals surface area contributed by atoms with E-state index < -0.39 is 0 Å². The maximum Gasteiger partial charge on any atom is 0.125 e. The standard InChI is InChI=1S/C18H26O3/c1-15-13-16(9-5-7-11-19-2)18(21-4)17(14-15)10-6-8-12-20-3/h5-8,13-14H,9-12H2,1-4H3/b7-5+,8-6+. The van der Waals surface area contributed by atoms with Crippen LogP contribution in [0.2, 0.25) is 0 Å². The highest BCUT2D eigenvalue weighted by atomic mass is 16.5. The number of aryl methyl sites for hydroxylation is 1. The summed E-state index contributed by atoms with van der Waals surface area (Å²) in [6.07, 6.45) is 9.99. The van der Waals surface area contributed by atoms with Crippen LogP contribution in [0.15, 0.2) is 36.4 Å². The molecule has 0 atom stereocenters. The number of rotatable bonds is 9. The average Bonchev–Trinajstić information content (AvgIpc) is 2.48. The average molecular weight is 290 g/mol. The van der Waals surface area contributed by atoms with E-state index in [0.717, 1.165) is 18.6 Å². The molecule has 0 aromatic heterocycles. The molecule has 0 radical (unpaired) electrons. The number of benzene rings is 1. The molecule has 0 spiro atoms. The van der Waals surface area contributed by atoms with Crippen molar-refractivity contribution in [1.29, 1.82) is 0 Å². The summed E-state index contributed by atoms with van der Waals surface area (Å²) in [6, 6.07) is 4.36. The molecule has 1 aromatic carbocycles. The summed E-state index contributed by atoms with van der Waals surface area (Å²) in [6.45, 7) is 3.39. The number of ether oxygens (including phenoxy) is 3. The van der Waals surface area contributed by atoms with Crippen LogP contribution in [0.25, 0.3) is 0 Å². The van der Waals surface area contributed by atoms with Gasteiger partial charge in [0.1, 0.15) is 5.75 Å². The van der Waals surface area contributed by atoms with Crippen molar-refractivity contribution < 1.29 is 14.2 Å². The first-order chi connectivity index (χ1) is 10.2. The molecule has 3 heteroatoms. The largest absolute Gasteiger partial charge is 0.496 e. The zero-order valence-corrected chi connectivity index (χ0v) is 13.5.